The minimum atomic E-state index is -1.01. The standard InChI is InChI=1S/C39H32N6O3/c1-38(48)23-39(24-38,44-36(46)30-9-5-6-10-31(30)37(44)47)29-14-12-27(13-15-29)34-32(26-7-3-2-4-8-26)21-28-22-42-33(45(40)35(28)43-34)16-11-25-17-19-41-20-18-25/h2-10,12-22,48H,11,23-24,40H2,1H3/b33-16-/t38-,39-. The summed E-state index contributed by atoms with van der Waals surface area (Å²) < 4.78 is 0. The molecule has 48 heavy (non-hydrogen) atoms. The smallest absolute Gasteiger partial charge is 0.262 e. The molecule has 3 aliphatic rings. The number of carbonyl (C=O) groups is 2. The lowest BCUT2D eigenvalue weighted by molar-refractivity contribution is -0.118. The van der Waals surface area contributed by atoms with E-state index in [9.17, 15) is 14.7 Å². The fourth-order valence-corrected chi connectivity index (χ4v) is 7.27. The van der Waals surface area contributed by atoms with Crippen LogP contribution in [-0.2, 0) is 12.0 Å². The zero-order valence-electron chi connectivity index (χ0n) is 26.2. The summed E-state index contributed by atoms with van der Waals surface area (Å²) in [6, 6.07) is 30.6. The molecule has 0 atom stereocenters. The highest BCUT2D eigenvalue weighted by Gasteiger charge is 2.60. The highest BCUT2D eigenvalue weighted by Crippen LogP contribution is 2.54. The lowest BCUT2D eigenvalue weighted by atomic mass is 9.61. The van der Waals surface area contributed by atoms with Crippen LogP contribution in [0.4, 0.5) is 5.82 Å². The molecule has 1 saturated carbocycles. The van der Waals surface area contributed by atoms with Crippen LogP contribution in [0, 0.1) is 0 Å². The molecule has 4 heterocycles. The van der Waals surface area contributed by atoms with Crippen molar-refractivity contribution in [3.05, 3.63) is 149 Å². The molecule has 0 unspecified atom stereocenters. The van der Waals surface area contributed by atoms with Crippen LogP contribution in [0.3, 0.4) is 0 Å². The summed E-state index contributed by atoms with van der Waals surface area (Å²) in [6.45, 7) is 1.74. The summed E-state index contributed by atoms with van der Waals surface area (Å²) in [4.78, 5) is 42.4. The van der Waals surface area contributed by atoms with E-state index in [2.05, 4.69) is 9.98 Å². The monoisotopic (exact) mass is 632 g/mol. The van der Waals surface area contributed by atoms with Crippen molar-refractivity contribution >= 4 is 23.8 Å². The molecular weight excluding hydrogens is 600 g/mol. The Balaban J connectivity index is 1.19. The third-order valence-corrected chi connectivity index (χ3v) is 9.46. The third kappa shape index (κ3) is 4.83. The van der Waals surface area contributed by atoms with Crippen molar-refractivity contribution in [3.8, 4) is 22.4 Å². The van der Waals surface area contributed by atoms with E-state index in [1.54, 1.807) is 49.8 Å². The number of aliphatic hydroxyl groups is 1. The molecule has 1 fully saturated rings. The lowest BCUT2D eigenvalue weighted by Crippen LogP contribution is -2.63. The van der Waals surface area contributed by atoms with E-state index in [0.29, 0.717) is 29.2 Å². The Morgan fingerprint density at radius 2 is 1.48 bits per heavy atom. The summed E-state index contributed by atoms with van der Waals surface area (Å²) in [6.07, 6.45) is 8.39. The van der Waals surface area contributed by atoms with Crippen molar-refractivity contribution in [3.63, 3.8) is 0 Å². The molecule has 0 saturated heterocycles. The topological polar surface area (TPSA) is 125 Å². The maximum absolute atomic E-state index is 13.6. The fraction of sp³-hybridized carbons (Fsp3) is 0.154. The first-order valence-corrected chi connectivity index (χ1v) is 15.8. The van der Waals surface area contributed by atoms with Crippen LogP contribution in [0.2, 0.25) is 0 Å². The third-order valence-electron chi connectivity index (χ3n) is 9.46. The number of allylic oxidation sites excluding steroid dienone is 1. The van der Waals surface area contributed by atoms with Crippen LogP contribution in [0.5, 0.6) is 0 Å². The molecule has 0 bridgehead atoms. The zero-order chi connectivity index (χ0) is 33.0. The Labute approximate surface area is 277 Å². The number of anilines is 1. The van der Waals surface area contributed by atoms with E-state index in [1.165, 1.54) is 9.91 Å². The van der Waals surface area contributed by atoms with E-state index in [1.807, 2.05) is 78.9 Å². The average Bonchev–Trinajstić information content (AvgIpc) is 3.36. The molecule has 236 valence electrons. The molecule has 2 amide bonds. The quantitative estimate of drug-likeness (QED) is 0.173. The van der Waals surface area contributed by atoms with Crippen LogP contribution in [0.15, 0.2) is 126 Å². The molecule has 8 rings (SSSR count). The Morgan fingerprint density at radius 3 is 2.12 bits per heavy atom. The van der Waals surface area contributed by atoms with Crippen LogP contribution < -0.4 is 10.9 Å². The minimum absolute atomic E-state index is 0.243. The lowest BCUT2D eigenvalue weighted by Gasteiger charge is -2.55. The van der Waals surface area contributed by atoms with Gasteiger partial charge in [-0.25, -0.2) is 20.8 Å². The number of imide groups is 1. The highest BCUT2D eigenvalue weighted by atomic mass is 16.3. The van der Waals surface area contributed by atoms with Gasteiger partial charge in [0.15, 0.2) is 5.82 Å². The first-order chi connectivity index (χ1) is 23.2. The predicted octanol–water partition coefficient (Wildman–Crippen LogP) is 6.04. The SMILES string of the molecule is C[C@]1(O)C[C@](c2ccc(-c3nc4c(cc3-c3ccccc3)C=N/C(=C/Cc3ccncc3)N4N)cc2)(N2C(=O)c3ccccc3C2=O)C1. The first kappa shape index (κ1) is 29.6. The van der Waals surface area contributed by atoms with Gasteiger partial charge in [0.05, 0.1) is 28.0 Å². The van der Waals surface area contributed by atoms with E-state index in [0.717, 1.165) is 39.1 Å². The highest BCUT2D eigenvalue weighted by molar-refractivity contribution is 6.22. The Hall–Kier alpha value is -5.77. The molecule has 3 N–H and O–H groups in total. The summed E-state index contributed by atoms with van der Waals surface area (Å²) >= 11 is 0. The van der Waals surface area contributed by atoms with Crippen molar-refractivity contribution in [2.45, 2.75) is 37.3 Å². The number of nitrogens with two attached hydrogens (primary N) is 1. The van der Waals surface area contributed by atoms with Crippen molar-refractivity contribution in [2.24, 2.45) is 10.8 Å². The minimum Gasteiger partial charge on any atom is -0.390 e. The van der Waals surface area contributed by atoms with Crippen molar-refractivity contribution in [1.82, 2.24) is 14.9 Å². The first-order valence-electron chi connectivity index (χ1n) is 15.8. The van der Waals surface area contributed by atoms with Gasteiger partial charge < -0.3 is 5.11 Å². The Morgan fingerprint density at radius 1 is 0.833 bits per heavy atom. The molecule has 1 aliphatic carbocycles. The molecule has 2 aliphatic heterocycles. The molecular formula is C39H32N6O3. The number of hydrogen-bond acceptors (Lipinski definition) is 8. The molecule has 9 nitrogen and oxygen atoms in total. The number of aliphatic imine (C=N–C) groups is 1. The molecule has 9 heteroatoms. The van der Waals surface area contributed by atoms with Gasteiger partial charge in [0.1, 0.15) is 5.82 Å². The second kappa shape index (κ2) is 11.2. The summed E-state index contributed by atoms with van der Waals surface area (Å²) in [5.41, 5.74) is 4.91. The second-order valence-electron chi connectivity index (χ2n) is 12.9. The zero-order valence-corrected chi connectivity index (χ0v) is 26.2. The maximum atomic E-state index is 13.6. The Bertz CT molecular complexity index is 2100. The molecule has 0 radical (unpaired) electrons. The summed E-state index contributed by atoms with van der Waals surface area (Å²) in [7, 11) is 0. The van der Waals surface area contributed by atoms with Crippen LogP contribution in [0.25, 0.3) is 22.4 Å². The second-order valence-corrected chi connectivity index (χ2v) is 12.9. The predicted molar refractivity (Wildman–Crippen MR) is 184 cm³/mol. The van der Waals surface area contributed by atoms with Gasteiger partial charge in [0.2, 0.25) is 0 Å². The van der Waals surface area contributed by atoms with Gasteiger partial charge in [-0.1, -0.05) is 66.7 Å². The van der Waals surface area contributed by atoms with Crippen LogP contribution in [-0.4, -0.2) is 43.6 Å². The van der Waals surface area contributed by atoms with Crippen molar-refractivity contribution in [1.29, 1.82) is 0 Å². The number of benzene rings is 3. The number of hydrogen-bond donors (Lipinski definition) is 2. The number of aromatic nitrogens is 2. The molecule has 0 spiro atoms. The number of rotatable bonds is 6. The van der Waals surface area contributed by atoms with E-state index >= 15 is 0 Å². The van der Waals surface area contributed by atoms with Gasteiger partial charge in [-0.2, -0.15) is 0 Å². The normalized spacial score (nSPS) is 22.1. The van der Waals surface area contributed by atoms with E-state index < -0.39 is 11.1 Å². The largest absolute Gasteiger partial charge is 0.390 e. The number of amides is 2. The number of nitrogens with zero attached hydrogens (tertiary/aromatic N) is 5. The fourth-order valence-electron chi connectivity index (χ4n) is 7.27. The number of carbonyl (C=O) groups excluding carboxylic acids is 2. The summed E-state index contributed by atoms with van der Waals surface area (Å²) in [5.74, 6) is 7.12. The number of fused-ring (bicyclic) bond motifs is 2. The van der Waals surface area contributed by atoms with E-state index in [4.69, 9.17) is 10.8 Å². The summed E-state index contributed by atoms with van der Waals surface area (Å²) in [5, 5.41) is 12.4. The van der Waals surface area contributed by atoms with Gasteiger partial charge in [-0.05, 0) is 66.4 Å². The van der Waals surface area contributed by atoms with Crippen molar-refractivity contribution in [2.75, 3.05) is 5.01 Å². The van der Waals surface area contributed by atoms with Crippen molar-refractivity contribution < 1.29 is 14.7 Å². The maximum Gasteiger partial charge on any atom is 0.262 e. The van der Waals surface area contributed by atoms with Gasteiger partial charge in [0, 0.05) is 48.1 Å². The molecule has 5 aromatic rings. The van der Waals surface area contributed by atoms with Crippen LogP contribution >= 0.6 is 0 Å². The number of hydrazine groups is 1. The van der Waals surface area contributed by atoms with Gasteiger partial charge in [-0.15, -0.1) is 0 Å². The number of pyridine rings is 2. The molecule has 2 aromatic heterocycles. The van der Waals surface area contributed by atoms with Gasteiger partial charge in [-0.3, -0.25) is 19.5 Å². The Kier molecular flexibility index (Phi) is 6.90. The molecule has 3 aromatic carbocycles. The van der Waals surface area contributed by atoms with Gasteiger partial charge in [0.25, 0.3) is 11.8 Å². The van der Waals surface area contributed by atoms with Crippen LogP contribution in [0.1, 0.15) is 57.2 Å². The van der Waals surface area contributed by atoms with E-state index in [-0.39, 0.29) is 24.7 Å². The van der Waals surface area contributed by atoms with Gasteiger partial charge >= 0.3 is 0 Å². The average molecular weight is 633 g/mol.